The lowest BCUT2D eigenvalue weighted by Gasteiger charge is -2.03. The van der Waals surface area contributed by atoms with E-state index >= 15 is 0 Å². The second kappa shape index (κ2) is 6.78. The Bertz CT molecular complexity index is 622. The van der Waals surface area contributed by atoms with Crippen LogP contribution in [0.15, 0.2) is 24.4 Å². The van der Waals surface area contributed by atoms with E-state index in [0.29, 0.717) is 5.56 Å². The Labute approximate surface area is 115 Å². The van der Waals surface area contributed by atoms with Crippen LogP contribution in [-0.4, -0.2) is 42.7 Å². The second-order valence-corrected chi connectivity index (χ2v) is 5.51. The number of nitrogens with two attached hydrogens (primary N) is 1. The third-order valence-corrected chi connectivity index (χ3v) is 2.88. The fourth-order valence-corrected chi connectivity index (χ4v) is 1.59. The number of amides is 1. The highest BCUT2D eigenvalue weighted by atomic mass is 32.2. The molecule has 1 rings (SSSR count). The minimum Gasteiger partial charge on any atom is -0.478 e. The van der Waals surface area contributed by atoms with Crippen molar-refractivity contribution in [3.8, 4) is 0 Å². The highest BCUT2D eigenvalue weighted by Crippen LogP contribution is 2.02. The first-order valence-corrected chi connectivity index (χ1v) is 7.15. The van der Waals surface area contributed by atoms with Gasteiger partial charge < -0.3 is 10.4 Å². The molecule has 0 fully saturated rings. The van der Waals surface area contributed by atoms with E-state index in [-0.39, 0.29) is 18.0 Å². The predicted octanol–water partition coefficient (Wildman–Crippen LogP) is -0.802. The van der Waals surface area contributed by atoms with Gasteiger partial charge in [0.15, 0.2) is 0 Å². The molecule has 0 bridgehead atoms. The second-order valence-electron chi connectivity index (χ2n) is 3.77. The van der Waals surface area contributed by atoms with Crippen molar-refractivity contribution in [3.63, 3.8) is 0 Å². The van der Waals surface area contributed by atoms with Crippen LogP contribution in [0.1, 0.15) is 16.1 Å². The predicted molar refractivity (Wildman–Crippen MR) is 71.2 cm³/mol. The third kappa shape index (κ3) is 6.07. The largest absolute Gasteiger partial charge is 0.478 e. The summed E-state index contributed by atoms with van der Waals surface area (Å²) in [6, 6.07) is 2.91. The average Bonchev–Trinajstić information content (AvgIpc) is 2.35. The van der Waals surface area contributed by atoms with Crippen LogP contribution in [0.25, 0.3) is 6.08 Å². The number of aliphatic carboxylic acids is 1. The quantitative estimate of drug-likeness (QED) is 0.587. The number of carbonyl (C=O) groups is 2. The number of sulfonamides is 1. The minimum absolute atomic E-state index is 0.0897. The summed E-state index contributed by atoms with van der Waals surface area (Å²) in [7, 11) is -3.62. The van der Waals surface area contributed by atoms with Gasteiger partial charge in [0, 0.05) is 18.8 Å². The summed E-state index contributed by atoms with van der Waals surface area (Å²) in [6.45, 7) is -0.111. The van der Waals surface area contributed by atoms with Crippen molar-refractivity contribution in [2.45, 2.75) is 0 Å². The number of carbonyl (C=O) groups excluding carboxylic acids is 1. The van der Waals surface area contributed by atoms with Crippen LogP contribution in [-0.2, 0) is 14.8 Å². The molecular formula is C11H13N3O5S. The molecule has 0 radical (unpaired) electrons. The zero-order valence-electron chi connectivity index (χ0n) is 10.3. The van der Waals surface area contributed by atoms with Gasteiger partial charge in [-0.15, -0.1) is 0 Å². The number of carboxylic acids is 1. The standard InChI is InChI=1S/C11H13N3O5S/c12-20(18,19)6-5-13-11(17)9-3-1-8(7-14-9)2-4-10(15)16/h1-4,7H,5-6H2,(H,13,17)(H,15,16)(H2,12,18,19). The van der Waals surface area contributed by atoms with Crippen LogP contribution in [0.5, 0.6) is 0 Å². The van der Waals surface area contributed by atoms with E-state index < -0.39 is 21.9 Å². The molecule has 0 aliphatic carbocycles. The Hall–Kier alpha value is -2.26. The van der Waals surface area contributed by atoms with E-state index in [2.05, 4.69) is 10.3 Å². The van der Waals surface area contributed by atoms with Gasteiger partial charge in [-0.05, 0) is 17.7 Å². The first kappa shape index (κ1) is 15.8. The molecule has 0 saturated carbocycles. The van der Waals surface area contributed by atoms with Crippen LogP contribution in [0.2, 0.25) is 0 Å². The summed E-state index contributed by atoms with van der Waals surface area (Å²) >= 11 is 0. The van der Waals surface area contributed by atoms with Crippen molar-refractivity contribution in [1.29, 1.82) is 0 Å². The average molecular weight is 299 g/mol. The van der Waals surface area contributed by atoms with Crippen molar-refractivity contribution >= 4 is 28.0 Å². The van der Waals surface area contributed by atoms with E-state index in [4.69, 9.17) is 10.2 Å². The number of primary sulfonamides is 1. The highest BCUT2D eigenvalue weighted by molar-refractivity contribution is 7.89. The van der Waals surface area contributed by atoms with Gasteiger partial charge >= 0.3 is 5.97 Å². The van der Waals surface area contributed by atoms with Crippen LogP contribution in [0.4, 0.5) is 0 Å². The fourth-order valence-electron chi connectivity index (χ4n) is 1.20. The summed E-state index contributed by atoms with van der Waals surface area (Å²) in [5.41, 5.74) is 0.611. The summed E-state index contributed by atoms with van der Waals surface area (Å²) in [5, 5.41) is 15.6. The molecule has 4 N–H and O–H groups in total. The molecule has 0 saturated heterocycles. The van der Waals surface area contributed by atoms with Gasteiger partial charge in [0.1, 0.15) is 5.69 Å². The number of carboxylic acid groups (broad SMARTS) is 1. The number of nitrogens with one attached hydrogen (secondary N) is 1. The molecular weight excluding hydrogens is 286 g/mol. The first-order valence-electron chi connectivity index (χ1n) is 5.43. The molecule has 1 aromatic heterocycles. The number of nitrogens with zero attached hydrogens (tertiary/aromatic N) is 1. The van der Waals surface area contributed by atoms with Gasteiger partial charge in [-0.1, -0.05) is 6.07 Å². The minimum atomic E-state index is -3.62. The van der Waals surface area contributed by atoms with Gasteiger partial charge in [-0.25, -0.2) is 18.4 Å². The summed E-state index contributed by atoms with van der Waals surface area (Å²) in [5.74, 6) is -1.99. The highest BCUT2D eigenvalue weighted by Gasteiger charge is 2.08. The van der Waals surface area contributed by atoms with E-state index in [1.165, 1.54) is 24.4 Å². The monoisotopic (exact) mass is 299 g/mol. The fraction of sp³-hybridized carbons (Fsp3) is 0.182. The van der Waals surface area contributed by atoms with E-state index in [1.807, 2.05) is 0 Å². The SMILES string of the molecule is NS(=O)(=O)CCNC(=O)c1ccc(C=CC(=O)O)cn1. The Morgan fingerprint density at radius 1 is 1.40 bits per heavy atom. The zero-order valence-corrected chi connectivity index (χ0v) is 11.1. The number of aromatic nitrogens is 1. The smallest absolute Gasteiger partial charge is 0.328 e. The van der Waals surface area contributed by atoms with E-state index in [0.717, 1.165) is 6.08 Å². The third-order valence-electron chi connectivity index (χ3n) is 2.11. The normalized spacial score (nSPS) is 11.4. The molecule has 0 spiro atoms. The molecule has 0 aliphatic heterocycles. The van der Waals surface area contributed by atoms with Gasteiger partial charge in [0.25, 0.3) is 5.91 Å². The van der Waals surface area contributed by atoms with Gasteiger partial charge in [-0.2, -0.15) is 0 Å². The summed E-state index contributed by atoms with van der Waals surface area (Å²) in [4.78, 5) is 25.7. The Morgan fingerprint density at radius 3 is 2.60 bits per heavy atom. The van der Waals surface area contributed by atoms with Gasteiger partial charge in [0.05, 0.1) is 5.75 Å². The van der Waals surface area contributed by atoms with Crippen LogP contribution < -0.4 is 10.5 Å². The molecule has 20 heavy (non-hydrogen) atoms. The van der Waals surface area contributed by atoms with Crippen molar-refractivity contribution in [2.24, 2.45) is 5.14 Å². The lowest BCUT2D eigenvalue weighted by molar-refractivity contribution is -0.131. The molecule has 1 heterocycles. The number of hydrogen-bond acceptors (Lipinski definition) is 5. The van der Waals surface area contributed by atoms with Crippen LogP contribution in [0, 0.1) is 0 Å². The maximum absolute atomic E-state index is 11.6. The topological polar surface area (TPSA) is 139 Å². The number of hydrogen-bond donors (Lipinski definition) is 3. The van der Waals surface area contributed by atoms with Crippen molar-refractivity contribution < 1.29 is 23.1 Å². The first-order chi connectivity index (χ1) is 9.28. The molecule has 1 aromatic rings. The molecule has 9 heteroatoms. The van der Waals surface area contributed by atoms with E-state index in [1.54, 1.807) is 0 Å². The number of rotatable bonds is 6. The van der Waals surface area contributed by atoms with Crippen LogP contribution in [0.3, 0.4) is 0 Å². The maximum Gasteiger partial charge on any atom is 0.328 e. The summed E-state index contributed by atoms with van der Waals surface area (Å²) < 4.78 is 21.4. The van der Waals surface area contributed by atoms with Gasteiger partial charge in [0.2, 0.25) is 10.0 Å². The number of pyridine rings is 1. The Morgan fingerprint density at radius 2 is 2.10 bits per heavy atom. The molecule has 0 aromatic carbocycles. The Kier molecular flexibility index (Phi) is 5.35. The molecule has 8 nitrogen and oxygen atoms in total. The maximum atomic E-state index is 11.6. The van der Waals surface area contributed by atoms with Crippen LogP contribution >= 0.6 is 0 Å². The molecule has 0 unspecified atom stereocenters. The van der Waals surface area contributed by atoms with E-state index in [9.17, 15) is 18.0 Å². The molecule has 0 atom stereocenters. The molecule has 108 valence electrons. The van der Waals surface area contributed by atoms with Crippen molar-refractivity contribution in [2.75, 3.05) is 12.3 Å². The lowest BCUT2D eigenvalue weighted by Crippen LogP contribution is -2.31. The van der Waals surface area contributed by atoms with Gasteiger partial charge in [-0.3, -0.25) is 9.78 Å². The molecule has 1 amide bonds. The van der Waals surface area contributed by atoms with Crippen molar-refractivity contribution in [1.82, 2.24) is 10.3 Å². The molecule has 0 aliphatic rings. The Balaban J connectivity index is 2.60. The lowest BCUT2D eigenvalue weighted by atomic mass is 10.2. The van der Waals surface area contributed by atoms with Crippen molar-refractivity contribution in [3.05, 3.63) is 35.7 Å². The zero-order chi connectivity index (χ0) is 15.2. The summed E-state index contributed by atoms with van der Waals surface area (Å²) in [6.07, 6.45) is 3.61.